The minimum absolute atomic E-state index is 0.0548. The van der Waals surface area contributed by atoms with Crippen molar-refractivity contribution in [2.75, 3.05) is 6.54 Å². The van der Waals surface area contributed by atoms with Crippen LogP contribution in [-0.4, -0.2) is 32.1 Å². The fraction of sp³-hybridized carbons (Fsp3) is 0.375. The Kier molecular flexibility index (Phi) is 4.23. The van der Waals surface area contributed by atoms with Gasteiger partial charge in [0.15, 0.2) is 0 Å². The highest BCUT2D eigenvalue weighted by molar-refractivity contribution is 7.89. The first kappa shape index (κ1) is 13.6. The minimum atomic E-state index is -3.85. The number of primary sulfonamides is 1. The number of rotatable bonds is 6. The third-order valence-corrected chi connectivity index (χ3v) is 2.66. The van der Waals surface area contributed by atoms with Crippen molar-refractivity contribution in [2.45, 2.75) is 17.7 Å². The van der Waals surface area contributed by atoms with E-state index in [0.717, 1.165) is 0 Å². The Morgan fingerprint density at radius 3 is 2.65 bits per heavy atom. The van der Waals surface area contributed by atoms with E-state index in [4.69, 9.17) is 20.4 Å². The molecule has 0 bridgehead atoms. The smallest absolute Gasteiger partial charge is 0.271 e. The molecule has 1 unspecified atom stereocenters. The van der Waals surface area contributed by atoms with Gasteiger partial charge in [0.1, 0.15) is 11.9 Å². The van der Waals surface area contributed by atoms with E-state index in [9.17, 15) is 13.2 Å². The number of furan rings is 1. The average Bonchev–Trinajstić information content (AvgIpc) is 2.65. The van der Waals surface area contributed by atoms with Crippen LogP contribution < -0.4 is 16.2 Å². The lowest BCUT2D eigenvalue weighted by Crippen LogP contribution is -2.37. The van der Waals surface area contributed by atoms with Crippen molar-refractivity contribution in [3.05, 3.63) is 17.9 Å². The zero-order chi connectivity index (χ0) is 13.1. The molecule has 0 aliphatic rings. The second-order valence-corrected chi connectivity index (χ2v) is 4.81. The topological polar surface area (TPSA) is 149 Å². The summed E-state index contributed by atoms with van der Waals surface area (Å²) in [6, 6.07) is 2.64. The van der Waals surface area contributed by atoms with Gasteiger partial charge in [-0.1, -0.05) is 0 Å². The third-order valence-electron chi connectivity index (χ3n) is 1.88. The number of amides is 1. The van der Waals surface area contributed by atoms with Gasteiger partial charge in [-0.3, -0.25) is 4.79 Å². The molecule has 1 aromatic heterocycles. The number of hydrogen-bond acceptors (Lipinski definition) is 6. The summed E-state index contributed by atoms with van der Waals surface area (Å²) in [6.07, 6.45) is -1.30. The molecule has 6 N–H and O–H groups in total. The van der Waals surface area contributed by atoms with E-state index in [1.807, 2.05) is 0 Å². The summed E-state index contributed by atoms with van der Waals surface area (Å²) in [4.78, 5) is 10.5. The van der Waals surface area contributed by atoms with Gasteiger partial charge in [0.2, 0.25) is 11.0 Å². The average molecular weight is 263 g/mol. The van der Waals surface area contributed by atoms with Crippen LogP contribution in [0, 0.1) is 0 Å². The van der Waals surface area contributed by atoms with E-state index in [1.165, 1.54) is 12.1 Å². The quantitative estimate of drug-likeness (QED) is 0.460. The van der Waals surface area contributed by atoms with E-state index in [2.05, 4.69) is 5.32 Å². The molecule has 1 amide bonds. The lowest BCUT2D eigenvalue weighted by molar-refractivity contribution is -0.125. The van der Waals surface area contributed by atoms with E-state index in [0.29, 0.717) is 5.76 Å². The highest BCUT2D eigenvalue weighted by Gasteiger charge is 2.14. The van der Waals surface area contributed by atoms with Crippen molar-refractivity contribution in [3.8, 4) is 0 Å². The van der Waals surface area contributed by atoms with Crippen LogP contribution in [-0.2, 0) is 21.4 Å². The highest BCUT2D eigenvalue weighted by Crippen LogP contribution is 2.11. The molecule has 0 saturated heterocycles. The molecule has 8 nitrogen and oxygen atoms in total. The predicted octanol–water partition coefficient (Wildman–Crippen LogP) is -2.14. The van der Waals surface area contributed by atoms with Crippen molar-refractivity contribution in [1.29, 1.82) is 0 Å². The van der Waals surface area contributed by atoms with Crippen LogP contribution in [0.5, 0.6) is 0 Å². The number of hydrogen-bond donors (Lipinski definition) is 4. The second-order valence-electron chi connectivity index (χ2n) is 3.31. The lowest BCUT2D eigenvalue weighted by atomic mass is 10.3. The molecular weight excluding hydrogens is 250 g/mol. The summed E-state index contributed by atoms with van der Waals surface area (Å²) < 4.78 is 26.7. The van der Waals surface area contributed by atoms with Gasteiger partial charge < -0.3 is 20.6 Å². The Hall–Kier alpha value is -1.42. The Bertz CT molecular complexity index is 495. The fourth-order valence-electron chi connectivity index (χ4n) is 1.04. The molecule has 9 heteroatoms. The first-order valence-electron chi connectivity index (χ1n) is 4.60. The van der Waals surface area contributed by atoms with Gasteiger partial charge in [0.25, 0.3) is 10.0 Å². The van der Waals surface area contributed by atoms with E-state index >= 15 is 0 Å². The van der Waals surface area contributed by atoms with Crippen molar-refractivity contribution in [1.82, 2.24) is 5.32 Å². The molecule has 96 valence electrons. The molecular formula is C8H13N3O5S. The number of aliphatic hydroxyl groups is 1. The zero-order valence-electron chi connectivity index (χ0n) is 8.79. The molecule has 1 aromatic rings. The maximum atomic E-state index is 10.9. The first-order chi connectivity index (χ1) is 7.80. The SMILES string of the molecule is NC(=O)C(O)CNCc1ccc(S(N)(=O)=O)o1. The molecule has 0 saturated carbocycles. The van der Waals surface area contributed by atoms with E-state index < -0.39 is 22.0 Å². The second kappa shape index (κ2) is 5.27. The molecule has 0 aliphatic heterocycles. The number of nitrogens with two attached hydrogens (primary N) is 2. The number of sulfonamides is 1. The summed E-state index contributed by atoms with van der Waals surface area (Å²) >= 11 is 0. The van der Waals surface area contributed by atoms with E-state index in [1.54, 1.807) is 0 Å². The minimum Gasteiger partial charge on any atom is -0.447 e. The molecule has 1 atom stereocenters. The summed E-state index contributed by atoms with van der Waals surface area (Å²) in [5.74, 6) is -0.534. The molecule has 1 rings (SSSR count). The normalized spacial score (nSPS) is 13.5. The Balaban J connectivity index is 2.49. The molecule has 0 radical (unpaired) electrons. The summed E-state index contributed by atoms with van der Waals surface area (Å²) in [7, 11) is -3.85. The van der Waals surface area contributed by atoms with Gasteiger partial charge in [-0.25, -0.2) is 13.6 Å². The summed E-state index contributed by atoms with van der Waals surface area (Å²) in [5, 5.41) is 16.2. The monoisotopic (exact) mass is 263 g/mol. The van der Waals surface area contributed by atoms with Gasteiger partial charge in [-0.15, -0.1) is 0 Å². The Labute approximate surface area is 97.6 Å². The fourth-order valence-corrected chi connectivity index (χ4v) is 1.52. The number of carbonyl (C=O) groups excluding carboxylic acids is 1. The Morgan fingerprint density at radius 1 is 1.53 bits per heavy atom. The number of nitrogens with one attached hydrogen (secondary N) is 1. The molecule has 1 heterocycles. The van der Waals surface area contributed by atoms with Crippen molar-refractivity contribution >= 4 is 15.9 Å². The zero-order valence-corrected chi connectivity index (χ0v) is 9.61. The van der Waals surface area contributed by atoms with Gasteiger partial charge in [-0.05, 0) is 12.1 Å². The molecule has 0 aliphatic carbocycles. The molecule has 0 aromatic carbocycles. The first-order valence-corrected chi connectivity index (χ1v) is 6.15. The van der Waals surface area contributed by atoms with Crippen LogP contribution >= 0.6 is 0 Å². The van der Waals surface area contributed by atoms with E-state index in [-0.39, 0.29) is 18.2 Å². The van der Waals surface area contributed by atoms with Crippen LogP contribution in [0.15, 0.2) is 21.6 Å². The largest absolute Gasteiger partial charge is 0.447 e. The van der Waals surface area contributed by atoms with Gasteiger partial charge in [0, 0.05) is 6.54 Å². The molecule has 0 spiro atoms. The highest BCUT2D eigenvalue weighted by atomic mass is 32.2. The number of aliphatic hydroxyl groups excluding tert-OH is 1. The van der Waals surface area contributed by atoms with Crippen LogP contribution in [0.2, 0.25) is 0 Å². The maximum absolute atomic E-state index is 10.9. The number of carbonyl (C=O) groups is 1. The van der Waals surface area contributed by atoms with Gasteiger partial charge in [0.05, 0.1) is 6.54 Å². The number of primary amides is 1. The Morgan fingerprint density at radius 2 is 2.18 bits per heavy atom. The van der Waals surface area contributed by atoms with Crippen LogP contribution in [0.3, 0.4) is 0 Å². The van der Waals surface area contributed by atoms with Crippen LogP contribution in [0.4, 0.5) is 0 Å². The molecule has 17 heavy (non-hydrogen) atoms. The predicted molar refractivity (Wildman–Crippen MR) is 57.0 cm³/mol. The summed E-state index contributed by atoms with van der Waals surface area (Å²) in [5.41, 5.74) is 4.83. The van der Waals surface area contributed by atoms with Crippen molar-refractivity contribution < 1.29 is 22.7 Å². The molecule has 0 fully saturated rings. The lowest BCUT2D eigenvalue weighted by Gasteiger charge is -2.06. The van der Waals surface area contributed by atoms with Crippen molar-refractivity contribution in [3.63, 3.8) is 0 Å². The standard InChI is InChI=1S/C8H13N3O5S/c9-8(13)6(12)4-11-3-5-1-2-7(16-5)17(10,14)15/h1-2,6,11-12H,3-4H2,(H2,9,13)(H2,10,14,15). The van der Waals surface area contributed by atoms with Gasteiger partial charge in [-0.2, -0.15) is 0 Å². The van der Waals surface area contributed by atoms with Crippen LogP contribution in [0.1, 0.15) is 5.76 Å². The third kappa shape index (κ3) is 4.15. The maximum Gasteiger partial charge on any atom is 0.271 e. The summed E-state index contributed by atoms with van der Waals surface area (Å²) in [6.45, 7) is 0.0839. The van der Waals surface area contributed by atoms with Gasteiger partial charge >= 0.3 is 0 Å². The van der Waals surface area contributed by atoms with Crippen LogP contribution in [0.25, 0.3) is 0 Å². The van der Waals surface area contributed by atoms with Crippen molar-refractivity contribution in [2.24, 2.45) is 10.9 Å².